The third kappa shape index (κ3) is 20.8. The monoisotopic (exact) mass is 1740 g/mol. The van der Waals surface area contributed by atoms with Crippen molar-refractivity contribution in [3.05, 3.63) is 255 Å². The van der Waals surface area contributed by atoms with E-state index in [2.05, 4.69) is 0 Å². The van der Waals surface area contributed by atoms with E-state index in [0.717, 1.165) is 11.1 Å². The van der Waals surface area contributed by atoms with Crippen molar-refractivity contribution in [3.63, 3.8) is 0 Å². The largest absolute Gasteiger partial charge is 0.482 e. The zero-order valence-electron chi connectivity index (χ0n) is 65.1. The molecule has 0 saturated carbocycles. The molecule has 0 aliphatic carbocycles. The van der Waals surface area contributed by atoms with Crippen molar-refractivity contribution in [2.45, 2.75) is 74.0 Å². The highest BCUT2D eigenvalue weighted by atomic mass is 35.5. The van der Waals surface area contributed by atoms with Crippen LogP contribution >= 0.6 is 11.6 Å². The average molecular weight is 1740 g/mol. The second-order valence-corrected chi connectivity index (χ2v) is 38.8. The number of hydrogen-bond donors (Lipinski definition) is 0. The lowest BCUT2D eigenvalue weighted by atomic mass is 10.1. The lowest BCUT2D eigenvalue weighted by Crippen LogP contribution is -2.35. The molecule has 0 radical (unpaired) electrons. The molecule has 622 valence electrons. The number of hydrogen-bond acceptors (Lipinski definition) is 25. The fourth-order valence-electron chi connectivity index (χ4n) is 13.0. The normalized spacial score (nSPS) is 14.6. The number of aryl methyl sites for hydroxylation is 3. The zero-order valence-corrected chi connectivity index (χ0v) is 70.0. The van der Waals surface area contributed by atoms with Crippen LogP contribution in [0.5, 0.6) is 40.2 Å². The van der Waals surface area contributed by atoms with Crippen molar-refractivity contribution in [3.8, 4) is 40.2 Å². The molecule has 119 heavy (non-hydrogen) atoms. The molecule has 35 heteroatoms. The second-order valence-electron chi connectivity index (χ2n) is 28.4. The quantitative estimate of drug-likeness (QED) is 0.0679. The highest BCUT2D eigenvalue weighted by Gasteiger charge is 2.32. The predicted molar refractivity (Wildman–Crippen MR) is 439 cm³/mol. The molecule has 16 rings (SSSR count). The molecule has 0 N–H and O–H groups in total. The number of halogens is 3. The Hall–Kier alpha value is -12.0. The molecular formula is C84H78ClF2N5O22S5. The number of fused-ring (bicyclic) bond motifs is 6. The van der Waals surface area contributed by atoms with Crippen LogP contribution in [0.25, 0.3) is 0 Å². The van der Waals surface area contributed by atoms with Crippen LogP contribution in [0, 0.1) is 32.4 Å². The highest BCUT2D eigenvalue weighted by Crippen LogP contribution is 2.41. The molecular weight excluding hydrogens is 1660 g/mol. The van der Waals surface area contributed by atoms with Gasteiger partial charge in [-0.05, 0) is 187 Å². The molecule has 6 aliphatic rings. The maximum absolute atomic E-state index is 13.3. The Kier molecular flexibility index (Phi) is 25.6. The molecule has 0 aromatic heterocycles. The van der Waals surface area contributed by atoms with Gasteiger partial charge in [0.1, 0.15) is 42.8 Å². The Morgan fingerprint density at radius 2 is 0.639 bits per heavy atom. The number of carbonyl (C=O) groups excluding carboxylic acids is 5. The minimum absolute atomic E-state index is 0.0435. The second kappa shape index (κ2) is 35.3. The average Bonchev–Trinajstić information content (AvgIpc) is 1.26. The predicted octanol–water partition coefficient (Wildman–Crippen LogP) is 11.7. The molecule has 0 atom stereocenters. The van der Waals surface area contributed by atoms with Crippen LogP contribution in [-0.4, -0.2) is 147 Å². The first-order chi connectivity index (χ1) is 56.2. The first-order valence-electron chi connectivity index (χ1n) is 36.2. The van der Waals surface area contributed by atoms with Gasteiger partial charge in [-0.25, -0.2) is 65.3 Å². The first-order valence-corrected chi connectivity index (χ1v) is 44.9. The molecule has 0 fully saturated rings. The number of anilines is 5. The molecule has 2 amide bonds. The van der Waals surface area contributed by atoms with Gasteiger partial charge < -0.3 is 57.7 Å². The van der Waals surface area contributed by atoms with Crippen LogP contribution in [0.4, 0.5) is 37.2 Å². The van der Waals surface area contributed by atoms with Gasteiger partial charge in [-0.15, -0.1) is 0 Å². The summed E-state index contributed by atoms with van der Waals surface area (Å²) in [6.07, 6.45) is 0. The minimum atomic E-state index is -3.60. The number of benzene rings is 10. The summed E-state index contributed by atoms with van der Waals surface area (Å²) in [5.74, 6) is 0.0350. The molecule has 10 aromatic carbocycles. The number of rotatable bonds is 15. The van der Waals surface area contributed by atoms with E-state index in [0.29, 0.717) is 107 Å². The molecule has 0 saturated heterocycles. The first kappa shape index (κ1) is 86.4. The molecule has 27 nitrogen and oxygen atoms in total. The van der Waals surface area contributed by atoms with E-state index in [1.165, 1.54) is 119 Å². The van der Waals surface area contributed by atoms with E-state index in [1.807, 2.05) is 25.1 Å². The van der Waals surface area contributed by atoms with Crippen LogP contribution < -0.4 is 57.7 Å². The number of esters is 3. The Bertz CT molecular complexity index is 6190. The number of nitrogens with zero attached hydrogens (tertiary/aromatic N) is 5. The van der Waals surface area contributed by atoms with Gasteiger partial charge in [0.05, 0.1) is 81.7 Å². The number of carbonyl (C=O) groups is 5. The van der Waals surface area contributed by atoms with E-state index in [-0.39, 0.29) is 134 Å². The summed E-state index contributed by atoms with van der Waals surface area (Å²) in [5.41, 5.74) is 7.43. The fourth-order valence-corrected chi connectivity index (χ4v) is 20.0. The summed E-state index contributed by atoms with van der Waals surface area (Å²) in [6.45, 7) is 5.39. The van der Waals surface area contributed by atoms with Gasteiger partial charge in [0, 0.05) is 40.3 Å². The number of likely N-dealkylation sites (N-methyl/N-ethyl adjacent to an activating group) is 5. The number of amides is 2. The highest BCUT2D eigenvalue weighted by molar-refractivity contribution is 7.91. The lowest BCUT2D eigenvalue weighted by molar-refractivity contribution is -0.134. The van der Waals surface area contributed by atoms with Crippen LogP contribution in [0.15, 0.2) is 219 Å². The standard InChI is InChI=1S/2C17H16FNO4S.C17H15NO6S.C17H17NO4S.C16H14ClNO4S/c2*1-11-7-12(3-5-14(11)18)10-24(21,22)13-4-6-16-15(8-13)19(2)9-17(20)23-16;1-18-13-7-12(3-5-14(13)22-8-17(18)19)25(20,21)9-11-2-4-15-16(6-11)24-10-23-15;1-12-4-3-5-13(8-12)11-23(20,21)14-6-7-16-15(9-14)18(2)10-17(19)22-16;1-18-14-8-13(5-6-15(14)22-9-16(18)19)23(20,21)10-11-3-2-4-12(17)7-11/h2*3-8H,9-10H2,1-2H3;2-7H,8-10H2,1H3;3-9H,10-11H2,1-2H3;2-8H,9-10H2,1H3. The molecule has 6 aliphatic heterocycles. The molecule has 0 unspecified atom stereocenters. The van der Waals surface area contributed by atoms with Gasteiger partial charge >= 0.3 is 17.9 Å². The van der Waals surface area contributed by atoms with Crippen LogP contribution in [0.1, 0.15) is 44.5 Å². The molecule has 10 aromatic rings. The summed E-state index contributed by atoms with van der Waals surface area (Å²) in [4.78, 5) is 66.2. The van der Waals surface area contributed by atoms with Crippen molar-refractivity contribution in [1.82, 2.24) is 0 Å². The lowest BCUT2D eigenvalue weighted by Gasteiger charge is -2.26. The van der Waals surface area contributed by atoms with Gasteiger partial charge in [0.15, 0.2) is 91.1 Å². The van der Waals surface area contributed by atoms with Crippen LogP contribution in [-0.2, 0) is 102 Å². The van der Waals surface area contributed by atoms with Gasteiger partial charge in [-0.3, -0.25) is 9.59 Å². The maximum atomic E-state index is 13.3. The smallest absolute Gasteiger partial charge is 0.330 e. The third-order valence-corrected chi connectivity index (χ3v) is 27.9. The summed E-state index contributed by atoms with van der Waals surface area (Å²) in [5, 5.41) is 0.488. The summed E-state index contributed by atoms with van der Waals surface area (Å²) >= 11 is 5.89. The van der Waals surface area contributed by atoms with E-state index < -0.39 is 49.2 Å². The molecule has 6 heterocycles. The number of ether oxygens (including phenoxy) is 7. The van der Waals surface area contributed by atoms with Crippen LogP contribution in [0.3, 0.4) is 0 Å². The Morgan fingerprint density at radius 1 is 0.328 bits per heavy atom. The zero-order chi connectivity index (χ0) is 85.8. The van der Waals surface area contributed by atoms with Crippen LogP contribution in [0.2, 0.25) is 5.02 Å². The van der Waals surface area contributed by atoms with Crippen molar-refractivity contribution < 1.29 is 108 Å². The summed E-state index contributed by atoms with van der Waals surface area (Å²) in [6, 6.07) is 50.1. The van der Waals surface area contributed by atoms with Gasteiger partial charge in [-0.1, -0.05) is 83.9 Å². The maximum Gasteiger partial charge on any atom is 0.330 e. The van der Waals surface area contributed by atoms with E-state index in [1.54, 1.807) is 131 Å². The van der Waals surface area contributed by atoms with Crippen molar-refractivity contribution in [1.29, 1.82) is 0 Å². The van der Waals surface area contributed by atoms with Crippen molar-refractivity contribution in [2.24, 2.45) is 0 Å². The minimum Gasteiger partial charge on any atom is -0.482 e. The Morgan fingerprint density at radius 3 is 1.00 bits per heavy atom. The van der Waals surface area contributed by atoms with Crippen molar-refractivity contribution >= 4 is 119 Å². The van der Waals surface area contributed by atoms with Crippen molar-refractivity contribution in [2.75, 3.05) is 99.4 Å². The topological polar surface area (TPSA) is 337 Å². The van der Waals surface area contributed by atoms with Gasteiger partial charge in [0.25, 0.3) is 11.8 Å². The van der Waals surface area contributed by atoms with Gasteiger partial charge in [0.2, 0.25) is 6.79 Å². The van der Waals surface area contributed by atoms with E-state index in [4.69, 9.17) is 44.8 Å². The molecule has 0 spiro atoms. The Balaban J connectivity index is 0.000000137. The summed E-state index contributed by atoms with van der Waals surface area (Å²) in [7, 11) is -9.52. The third-order valence-electron chi connectivity index (χ3n) is 19.3. The Labute approximate surface area is 691 Å². The number of sulfone groups is 5. The van der Waals surface area contributed by atoms with E-state index in [9.17, 15) is 74.8 Å². The fraction of sp³-hybridized carbons (Fsp3) is 0.226. The van der Waals surface area contributed by atoms with E-state index >= 15 is 0 Å². The molecule has 0 bridgehead atoms. The SMILES string of the molecule is CN1C(=O)COc2ccc(S(=O)(=O)Cc3ccc4c(c3)OCO4)cc21.CN1C(=O)COc2ccc(S(=O)(=O)Cc3cccc(Cl)c3)cc21.Cc1cc(CS(=O)(=O)c2ccc3c(c2)N(C)CC(=O)O3)ccc1F.Cc1cc(CS(=O)(=O)c2ccc3c(c2)N(C)CC(=O)O3)ccc1F.Cc1cccc(CS(=O)(=O)c2ccc3c(c2)N(C)CC(=O)O3)c1. The summed E-state index contributed by atoms with van der Waals surface area (Å²) < 4.78 is 190. The van der Waals surface area contributed by atoms with Gasteiger partial charge in [-0.2, -0.15) is 0 Å².